The summed E-state index contributed by atoms with van der Waals surface area (Å²) in [7, 11) is -5.03. The number of hydrogen-bond acceptors (Lipinski definition) is 4. The Kier molecular flexibility index (Phi) is 3.44. The lowest BCUT2D eigenvalue weighted by Gasteiger charge is -1.94. The molecular formula is C7H8O4S2. The second kappa shape index (κ2) is 4.38. The van der Waals surface area contributed by atoms with Crippen LogP contribution in [-0.4, -0.2) is 16.8 Å². The summed E-state index contributed by atoms with van der Waals surface area (Å²) in [5, 5.41) is 0. The predicted octanol–water partition coefficient (Wildman–Crippen LogP) is -0.232. The number of benzene rings is 1. The number of thiol groups is 2. The topological polar surface area (TPSA) is 68.3 Å². The summed E-state index contributed by atoms with van der Waals surface area (Å²) >= 11 is 0. The molecule has 1 aromatic carbocycles. The molecule has 0 spiro atoms. The SMILES string of the molecule is O=[SH](=O)Cc1ccc([SH](=O)=O)cc1. The molecule has 1 rings (SSSR count). The Morgan fingerprint density at radius 3 is 1.85 bits per heavy atom. The van der Waals surface area contributed by atoms with Gasteiger partial charge in [-0.2, -0.15) is 0 Å². The Labute approximate surface area is 79.1 Å². The minimum absolute atomic E-state index is 0.0503. The van der Waals surface area contributed by atoms with E-state index in [1.165, 1.54) is 24.3 Å². The summed E-state index contributed by atoms with van der Waals surface area (Å²) < 4.78 is 41.5. The monoisotopic (exact) mass is 220 g/mol. The Morgan fingerprint density at radius 1 is 0.923 bits per heavy atom. The summed E-state index contributed by atoms with van der Waals surface area (Å²) in [6.07, 6.45) is 0. The third-order valence-electron chi connectivity index (χ3n) is 1.46. The minimum Gasteiger partial charge on any atom is -0.232 e. The van der Waals surface area contributed by atoms with Crippen molar-refractivity contribution >= 4 is 21.4 Å². The third-order valence-corrected chi connectivity index (χ3v) is 2.80. The van der Waals surface area contributed by atoms with Gasteiger partial charge in [-0.25, -0.2) is 16.8 Å². The second-order valence-electron chi connectivity index (χ2n) is 2.41. The van der Waals surface area contributed by atoms with Crippen LogP contribution in [0.4, 0.5) is 0 Å². The molecule has 0 atom stereocenters. The van der Waals surface area contributed by atoms with Crippen molar-refractivity contribution in [2.24, 2.45) is 0 Å². The van der Waals surface area contributed by atoms with Crippen LogP contribution in [0.25, 0.3) is 0 Å². The van der Waals surface area contributed by atoms with Crippen molar-refractivity contribution in [3.8, 4) is 0 Å². The molecule has 0 saturated heterocycles. The molecule has 0 heterocycles. The van der Waals surface area contributed by atoms with Crippen molar-refractivity contribution in [3.05, 3.63) is 29.8 Å². The average molecular weight is 220 g/mol. The van der Waals surface area contributed by atoms with Gasteiger partial charge < -0.3 is 0 Å². The smallest absolute Gasteiger partial charge is 0.168 e. The van der Waals surface area contributed by atoms with Crippen LogP contribution in [0.3, 0.4) is 0 Å². The quantitative estimate of drug-likeness (QED) is 0.690. The highest BCUT2D eigenvalue weighted by atomic mass is 32.2. The first-order valence-electron chi connectivity index (χ1n) is 3.45. The maximum atomic E-state index is 10.5. The Bertz CT molecular complexity index is 412. The number of rotatable bonds is 3. The van der Waals surface area contributed by atoms with E-state index >= 15 is 0 Å². The van der Waals surface area contributed by atoms with Gasteiger partial charge in [-0.3, -0.25) is 0 Å². The molecule has 6 heteroatoms. The Morgan fingerprint density at radius 2 is 1.46 bits per heavy atom. The zero-order valence-corrected chi connectivity index (χ0v) is 8.33. The van der Waals surface area contributed by atoms with Crippen LogP contribution < -0.4 is 0 Å². The van der Waals surface area contributed by atoms with E-state index in [-0.39, 0.29) is 10.6 Å². The van der Waals surface area contributed by atoms with E-state index in [9.17, 15) is 16.8 Å². The molecule has 0 aliphatic carbocycles. The van der Waals surface area contributed by atoms with Crippen molar-refractivity contribution in [3.63, 3.8) is 0 Å². The first-order chi connectivity index (χ1) is 6.09. The van der Waals surface area contributed by atoms with E-state index in [0.29, 0.717) is 5.56 Å². The van der Waals surface area contributed by atoms with Crippen molar-refractivity contribution in [2.45, 2.75) is 10.6 Å². The fraction of sp³-hybridized carbons (Fsp3) is 0.143. The van der Waals surface area contributed by atoms with E-state index in [1.54, 1.807) is 0 Å². The first kappa shape index (κ1) is 10.2. The lowest BCUT2D eigenvalue weighted by molar-refractivity contribution is 0.613. The van der Waals surface area contributed by atoms with Gasteiger partial charge in [0.05, 0.1) is 10.6 Å². The van der Waals surface area contributed by atoms with Crippen LogP contribution in [0.5, 0.6) is 0 Å². The van der Waals surface area contributed by atoms with Crippen LogP contribution in [0.1, 0.15) is 5.56 Å². The van der Waals surface area contributed by atoms with Gasteiger partial charge in [-0.1, -0.05) is 12.1 Å². The van der Waals surface area contributed by atoms with Crippen molar-refractivity contribution < 1.29 is 16.8 Å². The predicted molar refractivity (Wildman–Crippen MR) is 49.0 cm³/mol. The van der Waals surface area contributed by atoms with E-state index in [2.05, 4.69) is 0 Å². The fourth-order valence-corrected chi connectivity index (χ4v) is 1.77. The van der Waals surface area contributed by atoms with Gasteiger partial charge in [0, 0.05) is 0 Å². The van der Waals surface area contributed by atoms with Gasteiger partial charge >= 0.3 is 0 Å². The lowest BCUT2D eigenvalue weighted by atomic mass is 10.2. The van der Waals surface area contributed by atoms with Gasteiger partial charge in [0.25, 0.3) is 0 Å². The fourth-order valence-electron chi connectivity index (χ4n) is 0.872. The molecule has 0 radical (unpaired) electrons. The Balaban J connectivity index is 2.93. The largest absolute Gasteiger partial charge is 0.232 e. The highest BCUT2D eigenvalue weighted by Gasteiger charge is 1.96. The maximum absolute atomic E-state index is 10.5. The van der Waals surface area contributed by atoms with E-state index in [0.717, 1.165) is 0 Å². The van der Waals surface area contributed by atoms with Crippen LogP contribution in [0.2, 0.25) is 0 Å². The average Bonchev–Trinajstić information content (AvgIpc) is 2.04. The molecule has 0 saturated carbocycles. The van der Waals surface area contributed by atoms with Gasteiger partial charge in [-0.05, 0) is 17.7 Å². The highest BCUT2D eigenvalue weighted by molar-refractivity contribution is 7.72. The molecule has 4 nitrogen and oxygen atoms in total. The Hall–Kier alpha value is -0.880. The summed E-state index contributed by atoms with van der Waals surface area (Å²) in [5.74, 6) is -0.0503. The molecule has 0 N–H and O–H groups in total. The highest BCUT2D eigenvalue weighted by Crippen LogP contribution is 2.05. The standard InChI is InChI=1S/C7H8O4S2/c8-12(9)5-6-1-3-7(4-2-6)13(10)11/h1-4,12-13H,5H2. The minimum atomic E-state index is -2.58. The van der Waals surface area contributed by atoms with Crippen molar-refractivity contribution in [1.29, 1.82) is 0 Å². The van der Waals surface area contributed by atoms with E-state index in [1.807, 2.05) is 0 Å². The summed E-state index contributed by atoms with van der Waals surface area (Å²) in [4.78, 5) is 0.194. The summed E-state index contributed by atoms with van der Waals surface area (Å²) in [6.45, 7) is 0. The summed E-state index contributed by atoms with van der Waals surface area (Å²) in [5.41, 5.74) is 0.594. The van der Waals surface area contributed by atoms with Gasteiger partial charge in [0.2, 0.25) is 0 Å². The van der Waals surface area contributed by atoms with Gasteiger partial charge in [0.1, 0.15) is 10.7 Å². The molecule has 0 aliphatic rings. The maximum Gasteiger partial charge on any atom is 0.168 e. The summed E-state index contributed by atoms with van der Waals surface area (Å²) in [6, 6.07) is 5.76. The molecule has 0 fully saturated rings. The lowest BCUT2D eigenvalue weighted by Crippen LogP contribution is -1.87. The molecule has 72 valence electrons. The van der Waals surface area contributed by atoms with Crippen LogP contribution in [0.15, 0.2) is 29.2 Å². The molecule has 0 unspecified atom stereocenters. The van der Waals surface area contributed by atoms with Crippen LogP contribution in [-0.2, 0) is 27.2 Å². The second-order valence-corrected chi connectivity index (χ2v) is 4.43. The van der Waals surface area contributed by atoms with Crippen molar-refractivity contribution in [2.75, 3.05) is 0 Å². The van der Waals surface area contributed by atoms with Crippen LogP contribution in [0, 0.1) is 0 Å². The zero-order chi connectivity index (χ0) is 9.84. The first-order valence-corrected chi connectivity index (χ1v) is 5.99. The van der Waals surface area contributed by atoms with Crippen LogP contribution >= 0.6 is 0 Å². The molecular weight excluding hydrogens is 212 g/mol. The normalized spacial score (nSPS) is 10.9. The molecule has 0 aromatic heterocycles. The molecule has 1 aromatic rings. The zero-order valence-electron chi connectivity index (χ0n) is 6.54. The van der Waals surface area contributed by atoms with Gasteiger partial charge in [-0.15, -0.1) is 0 Å². The third kappa shape index (κ3) is 3.16. The number of hydrogen-bond donors (Lipinski definition) is 2. The molecule has 0 aliphatic heterocycles. The molecule has 0 amide bonds. The van der Waals surface area contributed by atoms with Gasteiger partial charge in [0.15, 0.2) is 10.7 Å². The van der Waals surface area contributed by atoms with E-state index in [4.69, 9.17) is 0 Å². The van der Waals surface area contributed by atoms with Crippen molar-refractivity contribution in [1.82, 2.24) is 0 Å². The molecule has 0 bridgehead atoms. The molecule has 13 heavy (non-hydrogen) atoms. The van der Waals surface area contributed by atoms with E-state index < -0.39 is 21.4 Å².